The number of hydrogen-bond acceptors (Lipinski definition) is 3. The van der Waals surface area contributed by atoms with E-state index in [9.17, 15) is 5.26 Å². The van der Waals surface area contributed by atoms with E-state index in [0.717, 1.165) is 16.8 Å². The number of benzene rings is 1. The molecule has 2 heterocycles. The van der Waals surface area contributed by atoms with Crippen LogP contribution < -0.4 is 0 Å². The van der Waals surface area contributed by atoms with E-state index in [1.54, 1.807) is 6.92 Å². The zero-order valence-electron chi connectivity index (χ0n) is 12.1. The van der Waals surface area contributed by atoms with Gasteiger partial charge in [-0.3, -0.25) is 0 Å². The van der Waals surface area contributed by atoms with Crippen molar-refractivity contribution in [2.75, 3.05) is 0 Å². The van der Waals surface area contributed by atoms with Crippen LogP contribution in [0.3, 0.4) is 0 Å². The first-order valence-corrected chi connectivity index (χ1v) is 7.45. The van der Waals surface area contributed by atoms with Crippen molar-refractivity contribution < 1.29 is 0 Å². The lowest BCUT2D eigenvalue weighted by atomic mass is 10.1. The maximum atomic E-state index is 9.22. The maximum absolute atomic E-state index is 9.22. The Morgan fingerprint density at radius 1 is 1.23 bits per heavy atom. The van der Waals surface area contributed by atoms with Crippen molar-refractivity contribution in [3.05, 3.63) is 62.5 Å². The molecule has 0 unspecified atom stereocenters. The third-order valence-corrected chi connectivity index (χ3v) is 4.19. The van der Waals surface area contributed by atoms with Crippen LogP contribution in [-0.4, -0.2) is 14.6 Å². The first-order valence-electron chi connectivity index (χ1n) is 6.70. The molecular formula is C16H12Cl2N4. The lowest BCUT2D eigenvalue weighted by molar-refractivity contribution is 0.887. The Hall–Kier alpha value is -2.09. The second-order valence-electron chi connectivity index (χ2n) is 5.08. The largest absolute Gasteiger partial charge is 0.232 e. The van der Waals surface area contributed by atoms with Crippen molar-refractivity contribution in [2.24, 2.45) is 0 Å². The van der Waals surface area contributed by atoms with Gasteiger partial charge in [0, 0.05) is 22.7 Å². The van der Waals surface area contributed by atoms with Gasteiger partial charge in [-0.1, -0.05) is 35.3 Å². The number of halogens is 2. The molecule has 0 spiro atoms. The summed E-state index contributed by atoms with van der Waals surface area (Å²) in [6.07, 6.45) is 0.606. The average molecular weight is 331 g/mol. The van der Waals surface area contributed by atoms with E-state index in [1.165, 1.54) is 4.52 Å². The molecule has 0 saturated heterocycles. The van der Waals surface area contributed by atoms with E-state index in [4.69, 9.17) is 23.2 Å². The van der Waals surface area contributed by atoms with Crippen LogP contribution in [0, 0.1) is 25.2 Å². The summed E-state index contributed by atoms with van der Waals surface area (Å²) in [7, 11) is 0. The fraction of sp³-hybridized carbons (Fsp3) is 0.188. The molecule has 0 bridgehead atoms. The highest BCUT2D eigenvalue weighted by Crippen LogP contribution is 2.26. The number of aromatic nitrogens is 3. The number of nitriles is 1. The van der Waals surface area contributed by atoms with E-state index >= 15 is 0 Å². The van der Waals surface area contributed by atoms with E-state index < -0.39 is 0 Å². The topological polar surface area (TPSA) is 54.0 Å². The van der Waals surface area contributed by atoms with Crippen LogP contribution in [0.4, 0.5) is 0 Å². The quantitative estimate of drug-likeness (QED) is 0.664. The number of rotatable bonds is 2. The first kappa shape index (κ1) is 14.8. The van der Waals surface area contributed by atoms with Crippen LogP contribution in [0.15, 0.2) is 24.3 Å². The fourth-order valence-corrected chi connectivity index (χ4v) is 2.98. The molecule has 22 heavy (non-hydrogen) atoms. The highest BCUT2D eigenvalue weighted by Gasteiger charge is 2.17. The highest BCUT2D eigenvalue weighted by atomic mass is 35.5. The molecule has 0 aliphatic heterocycles. The molecule has 0 aliphatic rings. The Labute approximate surface area is 137 Å². The van der Waals surface area contributed by atoms with E-state index in [1.807, 2.05) is 31.2 Å². The Kier molecular flexibility index (Phi) is 3.78. The van der Waals surface area contributed by atoms with Gasteiger partial charge in [0.05, 0.1) is 5.69 Å². The molecule has 110 valence electrons. The van der Waals surface area contributed by atoms with Gasteiger partial charge in [0.2, 0.25) is 0 Å². The van der Waals surface area contributed by atoms with Gasteiger partial charge in [0.25, 0.3) is 0 Å². The van der Waals surface area contributed by atoms with Crippen molar-refractivity contribution in [3.8, 4) is 6.07 Å². The summed E-state index contributed by atoms with van der Waals surface area (Å²) in [5.41, 5.74) is 4.29. The molecule has 1 aromatic carbocycles. The molecule has 0 N–H and O–H groups in total. The van der Waals surface area contributed by atoms with Crippen molar-refractivity contribution in [1.29, 1.82) is 5.26 Å². The summed E-state index contributed by atoms with van der Waals surface area (Å²) in [5.74, 6) is 0. The molecule has 0 fully saturated rings. The summed E-state index contributed by atoms with van der Waals surface area (Å²) in [5, 5.41) is 14.7. The predicted molar refractivity (Wildman–Crippen MR) is 86.4 cm³/mol. The third-order valence-electron chi connectivity index (χ3n) is 3.56. The van der Waals surface area contributed by atoms with Gasteiger partial charge in [-0.15, -0.1) is 0 Å². The number of hydrogen-bond donors (Lipinski definition) is 0. The second kappa shape index (κ2) is 5.60. The number of nitrogens with zero attached hydrogens (tertiary/aromatic N) is 4. The van der Waals surface area contributed by atoms with Gasteiger partial charge in [-0.25, -0.2) is 9.50 Å². The number of fused-ring (bicyclic) bond motifs is 1. The van der Waals surface area contributed by atoms with Crippen molar-refractivity contribution in [2.45, 2.75) is 20.3 Å². The summed E-state index contributed by atoms with van der Waals surface area (Å²) < 4.78 is 1.53. The van der Waals surface area contributed by atoms with Crippen molar-refractivity contribution in [3.63, 3.8) is 0 Å². The summed E-state index contributed by atoms with van der Waals surface area (Å²) in [6, 6.07) is 9.75. The average Bonchev–Trinajstić information content (AvgIpc) is 2.79. The normalized spacial score (nSPS) is 10.9. The van der Waals surface area contributed by atoms with Gasteiger partial charge in [-0.2, -0.15) is 10.4 Å². The van der Waals surface area contributed by atoms with Gasteiger partial charge >= 0.3 is 0 Å². The van der Waals surface area contributed by atoms with E-state index in [-0.39, 0.29) is 0 Å². The third kappa shape index (κ3) is 2.43. The second-order valence-corrected chi connectivity index (χ2v) is 5.88. The molecule has 6 heteroatoms. The molecule has 0 saturated carbocycles. The van der Waals surface area contributed by atoms with Crippen LogP contribution in [0.2, 0.25) is 10.2 Å². The Morgan fingerprint density at radius 3 is 2.68 bits per heavy atom. The smallest absolute Gasteiger partial charge is 0.175 e. The SMILES string of the molecule is Cc1nc2c(C#N)c(C)nn2c(Cl)c1Cc1cccc(Cl)c1. The van der Waals surface area contributed by atoms with Crippen LogP contribution >= 0.6 is 23.2 Å². The van der Waals surface area contributed by atoms with Gasteiger partial charge < -0.3 is 0 Å². The van der Waals surface area contributed by atoms with Crippen LogP contribution in [-0.2, 0) is 6.42 Å². The minimum absolute atomic E-state index is 0.458. The Balaban J connectivity index is 2.17. The zero-order valence-corrected chi connectivity index (χ0v) is 13.6. The maximum Gasteiger partial charge on any atom is 0.175 e. The molecule has 3 aromatic rings. The molecule has 0 atom stereocenters. The fourth-order valence-electron chi connectivity index (χ4n) is 2.44. The summed E-state index contributed by atoms with van der Waals surface area (Å²) >= 11 is 12.5. The first-order chi connectivity index (χ1) is 10.5. The molecule has 2 aromatic heterocycles. The lowest BCUT2D eigenvalue weighted by Crippen LogP contribution is -2.03. The summed E-state index contributed by atoms with van der Waals surface area (Å²) in [4.78, 5) is 4.51. The molecule has 0 amide bonds. The van der Waals surface area contributed by atoms with Crippen LogP contribution in [0.5, 0.6) is 0 Å². The molecule has 4 nitrogen and oxygen atoms in total. The lowest BCUT2D eigenvalue weighted by Gasteiger charge is -2.10. The highest BCUT2D eigenvalue weighted by molar-refractivity contribution is 6.31. The van der Waals surface area contributed by atoms with Crippen molar-refractivity contribution >= 4 is 28.8 Å². The zero-order chi connectivity index (χ0) is 15.9. The molecule has 0 aliphatic carbocycles. The van der Waals surface area contributed by atoms with E-state index in [0.29, 0.717) is 33.5 Å². The van der Waals surface area contributed by atoms with Gasteiger partial charge in [0.1, 0.15) is 16.8 Å². The van der Waals surface area contributed by atoms with Crippen molar-refractivity contribution in [1.82, 2.24) is 14.6 Å². The summed E-state index contributed by atoms with van der Waals surface area (Å²) in [6.45, 7) is 3.66. The van der Waals surface area contributed by atoms with Crippen LogP contribution in [0.1, 0.15) is 28.1 Å². The minimum atomic E-state index is 0.458. The predicted octanol–water partition coefficient (Wildman–Crippen LogP) is 4.12. The molecule has 0 radical (unpaired) electrons. The Morgan fingerprint density at radius 2 is 2.00 bits per heavy atom. The Bertz CT molecular complexity index is 922. The molecule has 3 rings (SSSR count). The number of aryl methyl sites for hydroxylation is 2. The van der Waals surface area contributed by atoms with Crippen LogP contribution in [0.25, 0.3) is 5.65 Å². The minimum Gasteiger partial charge on any atom is -0.232 e. The monoisotopic (exact) mass is 330 g/mol. The van der Waals surface area contributed by atoms with E-state index in [2.05, 4.69) is 16.2 Å². The van der Waals surface area contributed by atoms with Gasteiger partial charge in [-0.05, 0) is 31.5 Å². The molecular weight excluding hydrogens is 319 g/mol. The standard InChI is InChI=1S/C16H12Cl2N4/c1-9-13(7-11-4-3-5-12(17)6-11)15(18)22-16(20-9)14(8-19)10(2)21-22/h3-6H,7H2,1-2H3. The van der Waals surface area contributed by atoms with Gasteiger partial charge in [0.15, 0.2) is 5.65 Å².